The van der Waals surface area contributed by atoms with Gasteiger partial charge in [0.25, 0.3) is 0 Å². The van der Waals surface area contributed by atoms with Gasteiger partial charge in [0, 0.05) is 24.0 Å². The third-order valence-electron chi connectivity index (χ3n) is 4.01. The molecule has 2 heterocycles. The fourth-order valence-corrected chi connectivity index (χ4v) is 2.79. The Morgan fingerprint density at radius 2 is 2.04 bits per heavy atom. The fourth-order valence-electron chi connectivity index (χ4n) is 2.66. The van der Waals surface area contributed by atoms with Crippen LogP contribution in [0.3, 0.4) is 0 Å². The molecule has 0 saturated heterocycles. The number of benzene rings is 1. The average Bonchev–Trinajstić information content (AvgIpc) is 3.22. The summed E-state index contributed by atoms with van der Waals surface area (Å²) >= 11 is 5.94. The summed E-state index contributed by atoms with van der Waals surface area (Å²) in [5, 5.41) is 12.8. The number of aryl methyl sites for hydroxylation is 1. The number of rotatable bonds is 7. The third-order valence-corrected chi connectivity index (χ3v) is 4.27. The Labute approximate surface area is 146 Å². The minimum Gasteiger partial charge on any atom is -0.337 e. The Bertz CT molecular complexity index is 763. The van der Waals surface area contributed by atoms with Crippen LogP contribution in [0.4, 0.5) is 0 Å². The first-order valence-electron chi connectivity index (χ1n) is 8.02. The molecular formula is C17H21ClN6. The summed E-state index contributed by atoms with van der Waals surface area (Å²) in [6.45, 7) is 6.01. The van der Waals surface area contributed by atoms with E-state index in [0.29, 0.717) is 5.02 Å². The van der Waals surface area contributed by atoms with Gasteiger partial charge in [-0.2, -0.15) is 0 Å². The summed E-state index contributed by atoms with van der Waals surface area (Å²) in [5.41, 5.74) is 2.96. The second-order valence-corrected chi connectivity index (χ2v) is 6.21. The number of aromatic nitrogens is 5. The molecule has 7 heteroatoms. The molecule has 0 saturated carbocycles. The molecule has 6 nitrogen and oxygen atoms in total. The van der Waals surface area contributed by atoms with E-state index in [0.717, 1.165) is 36.6 Å². The second kappa shape index (κ2) is 7.59. The van der Waals surface area contributed by atoms with Crippen LogP contribution in [-0.4, -0.2) is 31.1 Å². The molecular weight excluding hydrogens is 324 g/mol. The quantitative estimate of drug-likeness (QED) is 0.669. The summed E-state index contributed by atoms with van der Waals surface area (Å²) < 4.78 is 3.92. The number of nitrogens with one attached hydrogen (secondary N) is 1. The molecule has 0 radical (unpaired) electrons. The zero-order chi connectivity index (χ0) is 16.9. The Morgan fingerprint density at radius 3 is 2.75 bits per heavy atom. The number of halogens is 1. The van der Waals surface area contributed by atoms with Gasteiger partial charge < -0.3 is 9.88 Å². The summed E-state index contributed by atoms with van der Waals surface area (Å²) in [6, 6.07) is 7.74. The van der Waals surface area contributed by atoms with Gasteiger partial charge in [-0.3, -0.25) is 0 Å². The van der Waals surface area contributed by atoms with Gasteiger partial charge in [0.05, 0.1) is 23.8 Å². The van der Waals surface area contributed by atoms with Crippen LogP contribution in [0, 0.1) is 6.92 Å². The van der Waals surface area contributed by atoms with Crippen molar-refractivity contribution in [3.05, 3.63) is 59.4 Å². The summed E-state index contributed by atoms with van der Waals surface area (Å²) in [7, 11) is 0. The van der Waals surface area contributed by atoms with Crippen molar-refractivity contribution >= 4 is 11.6 Å². The zero-order valence-corrected chi connectivity index (χ0v) is 14.6. The highest BCUT2D eigenvalue weighted by molar-refractivity contribution is 6.30. The number of nitrogens with zero attached hydrogens (tertiary/aromatic N) is 5. The van der Waals surface area contributed by atoms with E-state index in [2.05, 4.69) is 32.1 Å². The van der Waals surface area contributed by atoms with Gasteiger partial charge in [-0.15, -0.1) is 5.10 Å². The SMILES string of the molecule is Cc1c([C@H](C)NCCCn2ccnc2)nnn1-c1ccc(Cl)cc1. The molecule has 0 aliphatic rings. The van der Waals surface area contributed by atoms with E-state index in [1.54, 1.807) is 6.20 Å². The van der Waals surface area contributed by atoms with E-state index in [1.807, 2.05) is 48.4 Å². The molecule has 0 bridgehead atoms. The molecule has 0 fully saturated rings. The Kier molecular flexibility index (Phi) is 5.27. The average molecular weight is 345 g/mol. The molecule has 126 valence electrons. The monoisotopic (exact) mass is 344 g/mol. The van der Waals surface area contributed by atoms with Gasteiger partial charge in [0.15, 0.2) is 0 Å². The molecule has 1 aromatic carbocycles. The lowest BCUT2D eigenvalue weighted by molar-refractivity contribution is 0.517. The van der Waals surface area contributed by atoms with Crippen molar-refractivity contribution in [3.8, 4) is 5.69 Å². The Hall–Kier alpha value is -2.18. The number of hydrogen-bond acceptors (Lipinski definition) is 4. The van der Waals surface area contributed by atoms with Gasteiger partial charge in [-0.25, -0.2) is 9.67 Å². The molecule has 1 atom stereocenters. The molecule has 3 aromatic rings. The van der Waals surface area contributed by atoms with Crippen LogP contribution < -0.4 is 5.32 Å². The lowest BCUT2D eigenvalue weighted by Crippen LogP contribution is -2.22. The van der Waals surface area contributed by atoms with Crippen LogP contribution in [-0.2, 0) is 6.54 Å². The maximum Gasteiger partial charge on any atom is 0.103 e. The predicted octanol–water partition coefficient (Wildman–Crippen LogP) is 3.17. The summed E-state index contributed by atoms with van der Waals surface area (Å²) in [5.74, 6) is 0. The van der Waals surface area contributed by atoms with E-state index in [4.69, 9.17) is 11.6 Å². The van der Waals surface area contributed by atoms with Crippen LogP contribution in [0.25, 0.3) is 5.69 Å². The van der Waals surface area contributed by atoms with Crippen molar-refractivity contribution < 1.29 is 0 Å². The van der Waals surface area contributed by atoms with Gasteiger partial charge in [-0.1, -0.05) is 16.8 Å². The highest BCUT2D eigenvalue weighted by Gasteiger charge is 2.15. The van der Waals surface area contributed by atoms with Crippen molar-refractivity contribution in [1.82, 2.24) is 29.9 Å². The Morgan fingerprint density at radius 1 is 1.25 bits per heavy atom. The van der Waals surface area contributed by atoms with E-state index >= 15 is 0 Å². The largest absolute Gasteiger partial charge is 0.337 e. The lowest BCUT2D eigenvalue weighted by Gasteiger charge is -2.12. The first-order valence-corrected chi connectivity index (χ1v) is 8.40. The minimum atomic E-state index is 0.147. The standard InChI is InChI=1S/C17H21ClN6/c1-13(20-8-3-10-23-11-9-19-12-23)17-14(2)24(22-21-17)16-6-4-15(18)5-7-16/h4-7,9,11-13,20H,3,8,10H2,1-2H3/t13-/m0/s1. The summed E-state index contributed by atoms with van der Waals surface area (Å²) in [6.07, 6.45) is 6.65. The smallest absolute Gasteiger partial charge is 0.103 e. The van der Waals surface area contributed by atoms with Crippen LogP contribution >= 0.6 is 11.6 Å². The molecule has 0 unspecified atom stereocenters. The second-order valence-electron chi connectivity index (χ2n) is 5.78. The highest BCUT2D eigenvalue weighted by atomic mass is 35.5. The molecule has 0 spiro atoms. The third kappa shape index (κ3) is 3.83. The van der Waals surface area contributed by atoms with Crippen molar-refractivity contribution in [2.45, 2.75) is 32.9 Å². The van der Waals surface area contributed by atoms with Crippen LogP contribution in [0.1, 0.15) is 30.8 Å². The van der Waals surface area contributed by atoms with Crippen LogP contribution in [0.2, 0.25) is 5.02 Å². The molecule has 3 rings (SSSR count). The maximum atomic E-state index is 5.94. The predicted molar refractivity (Wildman–Crippen MR) is 94.4 cm³/mol. The highest BCUT2D eigenvalue weighted by Crippen LogP contribution is 2.19. The first kappa shape index (κ1) is 16.7. The van der Waals surface area contributed by atoms with E-state index in [9.17, 15) is 0 Å². The van der Waals surface area contributed by atoms with Gasteiger partial charge in [-0.05, 0) is 51.1 Å². The van der Waals surface area contributed by atoms with Crippen LogP contribution in [0.15, 0.2) is 43.0 Å². The van der Waals surface area contributed by atoms with Gasteiger partial charge in [0.2, 0.25) is 0 Å². The zero-order valence-electron chi connectivity index (χ0n) is 13.9. The normalized spacial score (nSPS) is 12.5. The minimum absolute atomic E-state index is 0.147. The molecule has 1 N–H and O–H groups in total. The molecule has 0 aliphatic carbocycles. The van der Waals surface area contributed by atoms with Crippen molar-refractivity contribution in [2.75, 3.05) is 6.54 Å². The lowest BCUT2D eigenvalue weighted by atomic mass is 10.2. The maximum absolute atomic E-state index is 5.94. The number of hydrogen-bond donors (Lipinski definition) is 1. The molecule has 24 heavy (non-hydrogen) atoms. The van der Waals surface area contributed by atoms with Crippen molar-refractivity contribution in [1.29, 1.82) is 0 Å². The first-order chi connectivity index (χ1) is 11.6. The van der Waals surface area contributed by atoms with E-state index in [1.165, 1.54) is 0 Å². The summed E-state index contributed by atoms with van der Waals surface area (Å²) in [4.78, 5) is 4.05. The van der Waals surface area contributed by atoms with E-state index in [-0.39, 0.29) is 6.04 Å². The van der Waals surface area contributed by atoms with Crippen molar-refractivity contribution in [2.24, 2.45) is 0 Å². The van der Waals surface area contributed by atoms with Crippen LogP contribution in [0.5, 0.6) is 0 Å². The molecule has 0 amide bonds. The Balaban J connectivity index is 1.59. The molecule has 2 aromatic heterocycles. The molecule has 0 aliphatic heterocycles. The number of imidazole rings is 1. The van der Waals surface area contributed by atoms with Gasteiger partial charge >= 0.3 is 0 Å². The topological polar surface area (TPSA) is 60.6 Å². The fraction of sp³-hybridized carbons (Fsp3) is 0.353. The van der Waals surface area contributed by atoms with Gasteiger partial charge in [0.1, 0.15) is 5.69 Å². The van der Waals surface area contributed by atoms with Crippen molar-refractivity contribution in [3.63, 3.8) is 0 Å². The van der Waals surface area contributed by atoms with E-state index < -0.39 is 0 Å².